The second-order valence-electron chi connectivity index (χ2n) is 20.8. The number of ether oxygens (including phenoxy) is 6. The van der Waals surface area contributed by atoms with Gasteiger partial charge in [0.25, 0.3) is 10.1 Å². The maximum absolute atomic E-state index is 12.8. The van der Waals surface area contributed by atoms with Gasteiger partial charge >= 0.3 is 6.09 Å². The van der Waals surface area contributed by atoms with Crippen LogP contribution in [0.15, 0.2) is 83.4 Å². The van der Waals surface area contributed by atoms with Gasteiger partial charge in [0.05, 0.1) is 43.5 Å². The van der Waals surface area contributed by atoms with E-state index < -0.39 is 96.3 Å². The molecule has 0 radical (unpaired) electrons. The minimum absolute atomic E-state index is 0.0180. The number of amides is 2. The predicted molar refractivity (Wildman–Crippen MR) is 288 cm³/mol. The molecule has 4 aliphatic heterocycles. The van der Waals surface area contributed by atoms with E-state index in [-0.39, 0.29) is 49.1 Å². The number of benzene rings is 2. The van der Waals surface area contributed by atoms with E-state index in [0.717, 1.165) is 68.4 Å². The summed E-state index contributed by atoms with van der Waals surface area (Å²) in [5, 5.41) is 67.6. The average Bonchev–Trinajstić information content (AvgIpc) is 3.93. The second kappa shape index (κ2) is 28.7. The first kappa shape index (κ1) is 62.5. The molecule has 21 nitrogen and oxygen atoms in total. The zero-order valence-corrected chi connectivity index (χ0v) is 46.6. The molecule has 0 saturated carbocycles. The molecule has 4 aliphatic rings. The van der Waals surface area contributed by atoms with Gasteiger partial charge in [-0.1, -0.05) is 83.4 Å². The molecule has 2 aromatic carbocycles. The molecule has 2 aromatic rings. The highest BCUT2D eigenvalue weighted by atomic mass is 32.2. The van der Waals surface area contributed by atoms with Crippen LogP contribution >= 0.6 is 0 Å². The lowest BCUT2D eigenvalue weighted by molar-refractivity contribution is -0.610. The van der Waals surface area contributed by atoms with Crippen molar-refractivity contribution in [2.75, 3.05) is 64.6 Å². The number of aliphatic hydroxyl groups excluding tert-OH is 6. The Labute approximate surface area is 458 Å². The van der Waals surface area contributed by atoms with Crippen LogP contribution in [0.25, 0.3) is 0 Å². The minimum atomic E-state index is -4.44. The van der Waals surface area contributed by atoms with Gasteiger partial charge in [-0.05, 0) is 55.2 Å². The first-order valence-electron chi connectivity index (χ1n) is 27.2. The van der Waals surface area contributed by atoms with Crippen molar-refractivity contribution in [3.05, 3.63) is 95.2 Å². The van der Waals surface area contributed by atoms with E-state index in [9.17, 15) is 53.2 Å². The summed E-state index contributed by atoms with van der Waals surface area (Å²) in [4.78, 5) is 26.8. The molecule has 434 valence electrons. The van der Waals surface area contributed by atoms with E-state index in [1.165, 1.54) is 30.0 Å². The third-order valence-corrected chi connectivity index (χ3v) is 15.9. The van der Waals surface area contributed by atoms with Gasteiger partial charge in [0, 0.05) is 74.8 Å². The number of anilines is 1. The molecule has 2 fully saturated rings. The molecule has 0 aliphatic carbocycles. The molecule has 11 atom stereocenters. The van der Waals surface area contributed by atoms with Crippen molar-refractivity contribution < 1.29 is 86.2 Å². The highest BCUT2D eigenvalue weighted by molar-refractivity contribution is 7.85. The fourth-order valence-electron chi connectivity index (χ4n) is 10.7. The van der Waals surface area contributed by atoms with Crippen molar-refractivity contribution in [2.24, 2.45) is 0 Å². The third kappa shape index (κ3) is 14.8. The van der Waals surface area contributed by atoms with Crippen LogP contribution in [0.4, 0.5) is 10.5 Å². The van der Waals surface area contributed by atoms with E-state index in [0.29, 0.717) is 13.0 Å². The van der Waals surface area contributed by atoms with Crippen LogP contribution < -0.4 is 15.5 Å². The number of aliphatic hydroxyl groups is 6. The topological polar surface area (TPSA) is 296 Å². The van der Waals surface area contributed by atoms with Gasteiger partial charge in [0.15, 0.2) is 24.2 Å². The van der Waals surface area contributed by atoms with Gasteiger partial charge in [-0.3, -0.25) is 9.35 Å². The smallest absolute Gasteiger partial charge is 0.407 e. The third-order valence-electron chi connectivity index (χ3n) is 15.1. The van der Waals surface area contributed by atoms with E-state index >= 15 is 0 Å². The molecule has 0 spiro atoms. The summed E-state index contributed by atoms with van der Waals surface area (Å²) >= 11 is 0. The number of hydrogen-bond acceptors (Lipinski definition) is 17. The molecular formula is C56H83N4O17S+. The Kier molecular flexibility index (Phi) is 23.0. The zero-order chi connectivity index (χ0) is 56.8. The lowest BCUT2D eigenvalue weighted by Crippen LogP contribution is -2.65. The number of nitrogens with zero attached hydrogens (tertiary/aromatic N) is 2. The standard InChI is InChI=1S/C56H82N4O17S/c1-7-9-26-56(5)38-20-17-16-19-37(38)40(60(56)29-10-8-2)21-13-11-14-22-44-55(3,4)39-33-36(78(69,70)71)24-25-41(39)59(44)28-18-12-15-23-45(63)58-27-30-72-31-32-73-53-51(48(66)46(64)42(34-61)75-53)76-52-49(67)50(77-54(68)57-6)47(65)43(35-62)74-52/h11,13-14,16-17,19-22,24-25,33,42-43,46-53,61-62,64-67H,7-10,12,15,18,23,26-32,34-35H2,1-6H3,(H2-,57,58,63,68,69,70,71)/p+1/t42-,43+,46+,47+,48-,49-,50+,51-,52+,53-,56?/m0/s1. The Bertz CT molecular complexity index is 2560. The summed E-state index contributed by atoms with van der Waals surface area (Å²) in [7, 11) is -3.18. The first-order chi connectivity index (χ1) is 37.3. The number of alkyl carbamates (subject to hydrolysis) is 1. The van der Waals surface area contributed by atoms with Crippen LogP contribution in [0.3, 0.4) is 0 Å². The Hall–Kier alpha value is -4.66. The van der Waals surface area contributed by atoms with Crippen LogP contribution in [-0.4, -0.2) is 187 Å². The minimum Gasteiger partial charge on any atom is -0.440 e. The van der Waals surface area contributed by atoms with Crippen molar-refractivity contribution >= 4 is 33.5 Å². The van der Waals surface area contributed by atoms with Crippen molar-refractivity contribution in [2.45, 2.75) is 170 Å². The lowest BCUT2D eigenvalue weighted by Gasteiger charge is -2.46. The Balaban J connectivity index is 0.996. The second-order valence-corrected chi connectivity index (χ2v) is 22.2. The van der Waals surface area contributed by atoms with Gasteiger partial charge in [0.2, 0.25) is 11.6 Å². The largest absolute Gasteiger partial charge is 0.440 e. The molecule has 2 saturated heterocycles. The van der Waals surface area contributed by atoms with Crippen molar-refractivity contribution in [3.8, 4) is 0 Å². The summed E-state index contributed by atoms with van der Waals surface area (Å²) in [6.07, 6.45) is 1.36. The Morgan fingerprint density at radius 3 is 2.23 bits per heavy atom. The normalized spacial score (nSPS) is 28.4. The number of carbonyl (C=O) groups is 2. The molecular weight excluding hydrogens is 1030 g/mol. The quantitative estimate of drug-likeness (QED) is 0.0255. The number of unbranched alkanes of at least 4 members (excludes halogenated alkanes) is 4. The molecule has 1 unspecified atom stereocenters. The number of carbonyl (C=O) groups excluding carboxylic acids is 2. The average molecular weight is 1120 g/mol. The number of nitrogens with one attached hydrogen (secondary N) is 2. The van der Waals surface area contributed by atoms with E-state index in [2.05, 4.69) is 83.4 Å². The van der Waals surface area contributed by atoms with Crippen molar-refractivity contribution in [1.82, 2.24) is 10.6 Å². The molecule has 0 bridgehead atoms. The molecule has 6 rings (SSSR count). The van der Waals surface area contributed by atoms with Crippen molar-refractivity contribution in [1.29, 1.82) is 0 Å². The lowest BCUT2D eigenvalue weighted by atomic mass is 9.83. The highest BCUT2D eigenvalue weighted by Gasteiger charge is 2.53. The molecule has 0 aromatic heterocycles. The van der Waals surface area contributed by atoms with Gasteiger partial charge in [-0.15, -0.1) is 0 Å². The SMILES string of the molecule is CCCC[N+]1=C(/C=C/C=C/C=C2\N(CCCCCC(=O)NCCOCCO[C@H]3O[C@@H](CO)[C@@H](O)[C@H](O)[C@@H]3O[C@H]3O[C@H](CO)[C@@H](O)[C@@H](OC(=O)NC)[C@@H]3O)c3ccc(S(=O)(=O)O)cc3C2(C)C)c2ccccc2C1(C)CCCC. The molecule has 4 heterocycles. The van der Waals surface area contributed by atoms with E-state index in [1.807, 2.05) is 26.0 Å². The Morgan fingerprint density at radius 2 is 1.53 bits per heavy atom. The van der Waals surface area contributed by atoms with Crippen LogP contribution in [-0.2, 0) is 54.3 Å². The fraction of sp³-hybridized carbons (Fsp3) is 0.625. The summed E-state index contributed by atoms with van der Waals surface area (Å²) in [6, 6.07) is 13.4. The zero-order valence-electron chi connectivity index (χ0n) is 45.7. The fourth-order valence-corrected chi connectivity index (χ4v) is 11.2. The van der Waals surface area contributed by atoms with Crippen LogP contribution in [0.2, 0.25) is 0 Å². The monoisotopic (exact) mass is 1120 g/mol. The molecule has 2 amide bonds. The van der Waals surface area contributed by atoms with E-state index in [4.69, 9.17) is 28.4 Å². The van der Waals surface area contributed by atoms with E-state index in [1.54, 1.807) is 12.1 Å². The Morgan fingerprint density at radius 1 is 0.808 bits per heavy atom. The predicted octanol–water partition coefficient (Wildman–Crippen LogP) is 3.45. The van der Waals surface area contributed by atoms with Gasteiger partial charge in [-0.25, -0.2) is 9.37 Å². The maximum Gasteiger partial charge on any atom is 0.407 e. The van der Waals surface area contributed by atoms with Crippen LogP contribution in [0.1, 0.15) is 109 Å². The molecule has 9 N–H and O–H groups in total. The number of allylic oxidation sites excluding steroid dienone is 6. The molecule has 78 heavy (non-hydrogen) atoms. The number of fused-ring (bicyclic) bond motifs is 2. The number of hydrogen-bond donors (Lipinski definition) is 9. The first-order valence-corrected chi connectivity index (χ1v) is 28.7. The number of rotatable bonds is 28. The summed E-state index contributed by atoms with van der Waals surface area (Å²) in [6.45, 7) is 11.2. The van der Waals surface area contributed by atoms with Gasteiger partial charge < -0.3 is 74.6 Å². The van der Waals surface area contributed by atoms with Crippen LogP contribution in [0, 0.1) is 0 Å². The molecule has 22 heteroatoms. The maximum atomic E-state index is 12.8. The summed E-state index contributed by atoms with van der Waals surface area (Å²) in [5.41, 5.74) is 5.75. The van der Waals surface area contributed by atoms with Crippen molar-refractivity contribution in [3.63, 3.8) is 0 Å². The highest BCUT2D eigenvalue weighted by Crippen LogP contribution is 2.49. The van der Waals surface area contributed by atoms with Crippen LogP contribution in [0.5, 0.6) is 0 Å². The summed E-state index contributed by atoms with van der Waals surface area (Å²) in [5.74, 6) is -0.165. The van der Waals surface area contributed by atoms with Gasteiger partial charge in [0.1, 0.15) is 49.3 Å². The van der Waals surface area contributed by atoms with Gasteiger partial charge in [-0.2, -0.15) is 8.42 Å². The summed E-state index contributed by atoms with van der Waals surface area (Å²) < 4.78 is 70.5.